The van der Waals surface area contributed by atoms with Crippen molar-refractivity contribution in [2.45, 2.75) is 55.1 Å². The molecule has 23 heavy (non-hydrogen) atoms. The van der Waals surface area contributed by atoms with Crippen molar-refractivity contribution in [2.24, 2.45) is 0 Å². The second-order valence-electron chi connectivity index (χ2n) is 5.76. The molecule has 136 valence electrons. The number of hydrogen-bond acceptors (Lipinski definition) is 10. The van der Waals surface area contributed by atoms with Crippen LogP contribution >= 0.6 is 0 Å². The molecule has 2 aliphatic heterocycles. The number of aliphatic hydroxyl groups excluding tert-OH is 6. The molecule has 2 saturated heterocycles. The number of methoxy groups -OCH3 is 1. The Balaban J connectivity index is 2.11. The molecule has 0 amide bonds. The van der Waals surface area contributed by atoms with Crippen LogP contribution in [0, 0.1) is 0 Å². The third-order valence-corrected chi connectivity index (χ3v) is 4.30. The van der Waals surface area contributed by atoms with Crippen LogP contribution in [0.2, 0.25) is 0 Å². The first kappa shape index (κ1) is 18.9. The van der Waals surface area contributed by atoms with Crippen LogP contribution in [0.1, 0.15) is 0 Å². The van der Waals surface area contributed by atoms with Crippen LogP contribution in [0.3, 0.4) is 0 Å². The van der Waals surface area contributed by atoms with Gasteiger partial charge in [0.15, 0.2) is 6.29 Å². The molecular weight excluding hydrogens is 314 g/mol. The van der Waals surface area contributed by atoms with Crippen LogP contribution in [-0.4, -0.2) is 113 Å². The molecule has 10 heteroatoms. The Kier molecular flexibility index (Phi) is 6.68. The maximum absolute atomic E-state index is 10.2. The predicted molar refractivity (Wildman–Crippen MR) is 74.3 cm³/mol. The average Bonchev–Trinajstić information content (AvgIpc) is 2.54. The van der Waals surface area contributed by atoms with Crippen LogP contribution in [0.5, 0.6) is 0 Å². The Morgan fingerprint density at radius 1 is 1.00 bits per heavy atom. The van der Waals surface area contributed by atoms with E-state index in [1.165, 1.54) is 7.11 Å². The molecule has 0 aromatic rings. The lowest BCUT2D eigenvalue weighted by atomic mass is 9.95. The molecule has 0 aromatic heterocycles. The lowest BCUT2D eigenvalue weighted by Gasteiger charge is -2.45. The van der Waals surface area contributed by atoms with E-state index in [1.807, 2.05) is 0 Å². The third-order valence-electron chi connectivity index (χ3n) is 4.30. The zero-order valence-corrected chi connectivity index (χ0v) is 12.7. The molecule has 2 rings (SSSR count). The Labute approximate surface area is 133 Å². The van der Waals surface area contributed by atoms with Gasteiger partial charge in [0.25, 0.3) is 0 Å². The number of hydrogen-bond donors (Lipinski definition) is 7. The summed E-state index contributed by atoms with van der Waals surface area (Å²) < 4.78 is 16.0. The third kappa shape index (κ3) is 3.82. The molecule has 0 spiro atoms. The van der Waals surface area contributed by atoms with Crippen LogP contribution in [0.15, 0.2) is 0 Å². The molecule has 0 radical (unpaired) electrons. The van der Waals surface area contributed by atoms with Crippen LogP contribution < -0.4 is 5.32 Å². The number of rotatable bonds is 5. The van der Waals surface area contributed by atoms with E-state index in [2.05, 4.69) is 5.32 Å². The van der Waals surface area contributed by atoms with Crippen molar-refractivity contribution in [3.63, 3.8) is 0 Å². The summed E-state index contributed by atoms with van der Waals surface area (Å²) in [7, 11) is 1.28. The molecule has 2 fully saturated rings. The molecule has 0 saturated carbocycles. The van der Waals surface area contributed by atoms with Gasteiger partial charge in [0.05, 0.1) is 25.4 Å². The fourth-order valence-corrected chi connectivity index (χ4v) is 2.88. The van der Waals surface area contributed by atoms with Gasteiger partial charge >= 0.3 is 0 Å². The smallest absolute Gasteiger partial charge is 0.187 e. The highest BCUT2D eigenvalue weighted by molar-refractivity contribution is 4.95. The first-order valence-electron chi connectivity index (χ1n) is 7.45. The minimum Gasteiger partial charge on any atom is -0.395 e. The van der Waals surface area contributed by atoms with Crippen LogP contribution in [0.25, 0.3) is 0 Å². The maximum Gasteiger partial charge on any atom is 0.187 e. The fraction of sp³-hybridized carbons (Fsp3) is 1.00. The lowest BCUT2D eigenvalue weighted by molar-refractivity contribution is -0.330. The van der Waals surface area contributed by atoms with Crippen molar-refractivity contribution in [1.29, 1.82) is 0 Å². The van der Waals surface area contributed by atoms with Crippen molar-refractivity contribution < 1.29 is 44.8 Å². The minimum absolute atomic E-state index is 0.0892. The highest BCUT2D eigenvalue weighted by Crippen LogP contribution is 2.27. The Morgan fingerprint density at radius 3 is 2.26 bits per heavy atom. The summed E-state index contributed by atoms with van der Waals surface area (Å²) in [6, 6.07) is -0.683. The van der Waals surface area contributed by atoms with Crippen molar-refractivity contribution in [3.05, 3.63) is 0 Å². The lowest BCUT2D eigenvalue weighted by Crippen LogP contribution is -2.65. The van der Waals surface area contributed by atoms with E-state index in [0.29, 0.717) is 0 Å². The molecule has 0 aliphatic carbocycles. The number of aliphatic hydroxyl groups is 6. The molecule has 0 bridgehead atoms. The predicted octanol–water partition coefficient (Wildman–Crippen LogP) is -4.49. The summed E-state index contributed by atoms with van der Waals surface area (Å²) in [5.74, 6) is 0. The van der Waals surface area contributed by atoms with Gasteiger partial charge in [-0.15, -0.1) is 0 Å². The Bertz CT molecular complexity index is 373. The monoisotopic (exact) mass is 339 g/mol. The molecule has 0 unspecified atom stereocenters. The second kappa shape index (κ2) is 8.12. The standard InChI is InChI=1S/C13H25NO9/c1-21-12-10(20)9(19)7(4-16)22-13(12)23-11-6(17)2-14-5(3-15)8(11)18/h5-20H,2-4H2,1H3/t5-,6-,7-,8-,9-,10+,11-,12-,13-/m1/s1. The highest BCUT2D eigenvalue weighted by Gasteiger charge is 2.48. The summed E-state index contributed by atoms with van der Waals surface area (Å²) in [5.41, 5.74) is 0. The molecule has 10 nitrogen and oxygen atoms in total. The van der Waals surface area contributed by atoms with E-state index in [0.717, 1.165) is 0 Å². The Morgan fingerprint density at radius 2 is 1.70 bits per heavy atom. The zero-order valence-electron chi connectivity index (χ0n) is 12.7. The van der Waals surface area contributed by atoms with Gasteiger partial charge < -0.3 is 50.2 Å². The number of piperidine rings is 1. The van der Waals surface area contributed by atoms with Gasteiger partial charge in [-0.3, -0.25) is 0 Å². The van der Waals surface area contributed by atoms with Gasteiger partial charge in [0, 0.05) is 13.7 Å². The highest BCUT2D eigenvalue weighted by atomic mass is 16.7. The first-order chi connectivity index (χ1) is 10.9. The molecule has 0 aromatic carbocycles. The van der Waals surface area contributed by atoms with E-state index < -0.39 is 61.7 Å². The van der Waals surface area contributed by atoms with E-state index in [1.54, 1.807) is 0 Å². The van der Waals surface area contributed by atoms with Gasteiger partial charge in [0.1, 0.15) is 36.6 Å². The fourth-order valence-electron chi connectivity index (χ4n) is 2.88. The van der Waals surface area contributed by atoms with Crippen molar-refractivity contribution >= 4 is 0 Å². The van der Waals surface area contributed by atoms with E-state index in [9.17, 15) is 30.6 Å². The molecule has 2 aliphatic rings. The SMILES string of the molecule is CO[C@H]1[C@@H](O[C@H]2[C@H](O)[C@@H](CO)NC[C@H]2O)O[C@H](CO)[C@@H](O)[C@@H]1O. The van der Waals surface area contributed by atoms with Gasteiger partial charge in [0.2, 0.25) is 0 Å². The van der Waals surface area contributed by atoms with E-state index in [4.69, 9.17) is 14.2 Å². The van der Waals surface area contributed by atoms with Crippen molar-refractivity contribution in [2.75, 3.05) is 26.9 Å². The summed E-state index contributed by atoms with van der Waals surface area (Å²) in [6.07, 6.45) is -9.52. The zero-order chi connectivity index (χ0) is 17.1. The van der Waals surface area contributed by atoms with E-state index in [-0.39, 0.29) is 13.2 Å². The van der Waals surface area contributed by atoms with Crippen LogP contribution in [0.4, 0.5) is 0 Å². The Hall–Kier alpha value is -0.400. The summed E-state index contributed by atoms with van der Waals surface area (Å²) >= 11 is 0. The maximum atomic E-state index is 10.2. The molecule has 2 heterocycles. The van der Waals surface area contributed by atoms with Crippen molar-refractivity contribution in [1.82, 2.24) is 5.32 Å². The van der Waals surface area contributed by atoms with Crippen molar-refractivity contribution in [3.8, 4) is 0 Å². The quantitative estimate of drug-likeness (QED) is 0.260. The summed E-state index contributed by atoms with van der Waals surface area (Å²) in [5, 5.41) is 61.2. The molecular formula is C13H25NO9. The summed E-state index contributed by atoms with van der Waals surface area (Å²) in [6.45, 7) is -0.815. The topological polar surface area (TPSA) is 161 Å². The largest absolute Gasteiger partial charge is 0.395 e. The molecule has 9 atom stereocenters. The number of nitrogens with one attached hydrogen (secondary N) is 1. The summed E-state index contributed by atoms with van der Waals surface area (Å²) in [4.78, 5) is 0. The van der Waals surface area contributed by atoms with Gasteiger partial charge in [-0.05, 0) is 0 Å². The van der Waals surface area contributed by atoms with Gasteiger partial charge in [-0.1, -0.05) is 0 Å². The van der Waals surface area contributed by atoms with Gasteiger partial charge in [-0.25, -0.2) is 0 Å². The number of ether oxygens (including phenoxy) is 3. The van der Waals surface area contributed by atoms with E-state index >= 15 is 0 Å². The van der Waals surface area contributed by atoms with Gasteiger partial charge in [-0.2, -0.15) is 0 Å². The molecule has 7 N–H and O–H groups in total. The number of β-amino-alcohol motifs (C(OH)–C–C–N with tert-alkyl or cyclic N) is 1. The minimum atomic E-state index is -1.37. The second-order valence-corrected chi connectivity index (χ2v) is 5.76. The normalized spacial score (nSPS) is 48.4. The van der Waals surface area contributed by atoms with Crippen LogP contribution in [-0.2, 0) is 14.2 Å². The first-order valence-corrected chi connectivity index (χ1v) is 7.45. The average molecular weight is 339 g/mol.